The van der Waals surface area contributed by atoms with Crippen LogP contribution < -0.4 is 5.32 Å². The summed E-state index contributed by atoms with van der Waals surface area (Å²) < 4.78 is 38.1. The van der Waals surface area contributed by atoms with Crippen molar-refractivity contribution in [3.05, 3.63) is 0 Å². The van der Waals surface area contributed by atoms with E-state index in [0.29, 0.717) is 25.2 Å². The summed E-state index contributed by atoms with van der Waals surface area (Å²) >= 11 is 0. The van der Waals surface area contributed by atoms with Gasteiger partial charge in [-0.3, -0.25) is 0 Å². The molecule has 1 aliphatic heterocycles. The highest BCUT2D eigenvalue weighted by Crippen LogP contribution is 2.36. The first-order chi connectivity index (χ1) is 9.50. The molecular weight excluding hydrogens is 265 g/mol. The predicted molar refractivity (Wildman–Crippen MR) is 74.7 cm³/mol. The Morgan fingerprint density at radius 1 is 1.10 bits per heavy atom. The Morgan fingerprint density at radius 3 is 2.40 bits per heavy atom. The van der Waals surface area contributed by atoms with Crippen LogP contribution in [-0.4, -0.2) is 42.8 Å². The molecule has 2 nitrogen and oxygen atoms in total. The lowest BCUT2D eigenvalue weighted by Crippen LogP contribution is -2.48. The van der Waals surface area contributed by atoms with E-state index in [4.69, 9.17) is 0 Å². The van der Waals surface area contributed by atoms with Gasteiger partial charge >= 0.3 is 6.18 Å². The standard InChI is InChI=1S/C15H27F3N2/c1-2-8-19-13-4-3-5-14(11-13)20-9-6-12(7-10-20)15(16,17)18/h12-14,19H,2-11H2,1H3. The summed E-state index contributed by atoms with van der Waals surface area (Å²) in [5.74, 6) is -1.07. The Kier molecular flexibility index (Phi) is 5.73. The molecular formula is C15H27F3N2. The lowest BCUT2D eigenvalue weighted by molar-refractivity contribution is -0.186. The van der Waals surface area contributed by atoms with Crippen LogP contribution in [0.4, 0.5) is 13.2 Å². The van der Waals surface area contributed by atoms with Gasteiger partial charge in [0.2, 0.25) is 0 Å². The van der Waals surface area contributed by atoms with Gasteiger partial charge in [-0.05, 0) is 58.2 Å². The van der Waals surface area contributed by atoms with Crippen molar-refractivity contribution in [2.24, 2.45) is 5.92 Å². The fourth-order valence-corrected chi connectivity index (χ4v) is 3.62. The normalized spacial score (nSPS) is 30.6. The number of halogens is 3. The topological polar surface area (TPSA) is 15.3 Å². The SMILES string of the molecule is CCCNC1CCCC(N2CCC(C(F)(F)F)CC2)C1. The van der Waals surface area contributed by atoms with Gasteiger partial charge < -0.3 is 10.2 Å². The summed E-state index contributed by atoms with van der Waals surface area (Å²) in [7, 11) is 0. The van der Waals surface area contributed by atoms with Crippen LogP contribution in [0.1, 0.15) is 51.9 Å². The molecule has 1 saturated heterocycles. The van der Waals surface area contributed by atoms with E-state index >= 15 is 0 Å². The second-order valence-corrected chi connectivity index (χ2v) is 6.32. The molecule has 0 radical (unpaired) electrons. The molecule has 0 aromatic rings. The second-order valence-electron chi connectivity index (χ2n) is 6.32. The highest BCUT2D eigenvalue weighted by atomic mass is 19.4. The van der Waals surface area contributed by atoms with Crippen molar-refractivity contribution in [2.75, 3.05) is 19.6 Å². The first-order valence-electron chi connectivity index (χ1n) is 8.05. The molecule has 1 heterocycles. The predicted octanol–water partition coefficient (Wildman–Crippen LogP) is 3.57. The van der Waals surface area contributed by atoms with E-state index in [-0.39, 0.29) is 12.8 Å². The largest absolute Gasteiger partial charge is 0.391 e. The molecule has 0 amide bonds. The van der Waals surface area contributed by atoms with Crippen LogP contribution in [0.3, 0.4) is 0 Å². The van der Waals surface area contributed by atoms with Crippen molar-refractivity contribution in [1.29, 1.82) is 0 Å². The van der Waals surface area contributed by atoms with E-state index in [9.17, 15) is 13.2 Å². The number of alkyl halides is 3. The van der Waals surface area contributed by atoms with Gasteiger partial charge in [0.25, 0.3) is 0 Å². The van der Waals surface area contributed by atoms with Crippen LogP contribution in [0.25, 0.3) is 0 Å². The third-order valence-corrected chi connectivity index (χ3v) is 4.84. The first-order valence-corrected chi connectivity index (χ1v) is 8.05. The van der Waals surface area contributed by atoms with Gasteiger partial charge in [0.15, 0.2) is 0 Å². The minimum absolute atomic E-state index is 0.285. The monoisotopic (exact) mass is 292 g/mol. The molecule has 2 aliphatic rings. The molecule has 0 spiro atoms. The third kappa shape index (κ3) is 4.35. The zero-order chi connectivity index (χ0) is 14.6. The van der Waals surface area contributed by atoms with E-state index in [2.05, 4.69) is 17.1 Å². The molecule has 0 aromatic carbocycles. The molecule has 118 valence electrons. The average Bonchev–Trinajstić information content (AvgIpc) is 2.45. The van der Waals surface area contributed by atoms with Gasteiger partial charge in [-0.2, -0.15) is 13.2 Å². The Morgan fingerprint density at radius 2 is 1.80 bits per heavy atom. The molecule has 20 heavy (non-hydrogen) atoms. The number of hydrogen-bond donors (Lipinski definition) is 1. The molecule has 1 saturated carbocycles. The van der Waals surface area contributed by atoms with Crippen molar-refractivity contribution in [3.63, 3.8) is 0 Å². The van der Waals surface area contributed by atoms with Crippen LogP contribution in [0.2, 0.25) is 0 Å². The van der Waals surface area contributed by atoms with Crippen molar-refractivity contribution in [3.8, 4) is 0 Å². The zero-order valence-electron chi connectivity index (χ0n) is 12.4. The molecule has 0 bridgehead atoms. The number of nitrogens with zero attached hydrogens (tertiary/aromatic N) is 1. The minimum atomic E-state index is -4.00. The van der Waals surface area contributed by atoms with Crippen molar-refractivity contribution in [2.45, 2.75) is 70.1 Å². The summed E-state index contributed by atoms with van der Waals surface area (Å²) in [5, 5.41) is 3.57. The number of piperidine rings is 1. The number of nitrogens with one attached hydrogen (secondary N) is 1. The van der Waals surface area contributed by atoms with Gasteiger partial charge in [-0.25, -0.2) is 0 Å². The van der Waals surface area contributed by atoms with Gasteiger partial charge in [0.05, 0.1) is 5.92 Å². The van der Waals surface area contributed by atoms with Crippen LogP contribution in [0, 0.1) is 5.92 Å². The molecule has 2 unspecified atom stereocenters. The van der Waals surface area contributed by atoms with E-state index in [1.54, 1.807) is 0 Å². The molecule has 1 aliphatic carbocycles. The smallest absolute Gasteiger partial charge is 0.314 e. The Bertz CT molecular complexity index is 285. The minimum Gasteiger partial charge on any atom is -0.314 e. The van der Waals surface area contributed by atoms with Crippen molar-refractivity contribution >= 4 is 0 Å². The van der Waals surface area contributed by atoms with Crippen LogP contribution in [0.5, 0.6) is 0 Å². The highest BCUT2D eigenvalue weighted by Gasteiger charge is 2.42. The highest BCUT2D eigenvalue weighted by molar-refractivity contribution is 4.87. The Hall–Kier alpha value is -0.290. The molecule has 2 fully saturated rings. The summed E-state index contributed by atoms with van der Waals surface area (Å²) in [6, 6.07) is 1.06. The molecule has 0 aromatic heterocycles. The third-order valence-electron chi connectivity index (χ3n) is 4.84. The number of rotatable bonds is 4. The van der Waals surface area contributed by atoms with Crippen LogP contribution >= 0.6 is 0 Å². The van der Waals surface area contributed by atoms with Crippen molar-refractivity contribution in [1.82, 2.24) is 10.2 Å². The van der Waals surface area contributed by atoms with Gasteiger partial charge in [0, 0.05) is 12.1 Å². The maximum Gasteiger partial charge on any atom is 0.391 e. The zero-order valence-corrected chi connectivity index (χ0v) is 12.4. The maximum absolute atomic E-state index is 12.7. The van der Waals surface area contributed by atoms with Crippen LogP contribution in [0.15, 0.2) is 0 Å². The van der Waals surface area contributed by atoms with Crippen LogP contribution in [-0.2, 0) is 0 Å². The molecule has 5 heteroatoms. The van der Waals surface area contributed by atoms with E-state index < -0.39 is 12.1 Å². The summed E-state index contributed by atoms with van der Waals surface area (Å²) in [4.78, 5) is 2.31. The molecule has 2 rings (SSSR count). The fourth-order valence-electron chi connectivity index (χ4n) is 3.62. The summed E-state index contributed by atoms with van der Waals surface area (Å²) in [5.41, 5.74) is 0. The lowest BCUT2D eigenvalue weighted by Gasteiger charge is -2.41. The average molecular weight is 292 g/mol. The molecule has 1 N–H and O–H groups in total. The Balaban J connectivity index is 1.78. The maximum atomic E-state index is 12.7. The quantitative estimate of drug-likeness (QED) is 0.852. The summed E-state index contributed by atoms with van der Waals surface area (Å²) in [6.45, 7) is 4.45. The molecule has 2 atom stereocenters. The Labute approximate surface area is 120 Å². The number of likely N-dealkylation sites (tertiary alicyclic amines) is 1. The van der Waals surface area contributed by atoms with Gasteiger partial charge in [-0.15, -0.1) is 0 Å². The first kappa shape index (κ1) is 16.1. The fraction of sp³-hybridized carbons (Fsp3) is 1.00. The van der Waals surface area contributed by atoms with Gasteiger partial charge in [-0.1, -0.05) is 13.3 Å². The van der Waals surface area contributed by atoms with Gasteiger partial charge in [0.1, 0.15) is 0 Å². The van der Waals surface area contributed by atoms with Crippen molar-refractivity contribution < 1.29 is 13.2 Å². The van der Waals surface area contributed by atoms with E-state index in [1.165, 1.54) is 12.8 Å². The van der Waals surface area contributed by atoms with E-state index in [1.807, 2.05) is 0 Å². The summed E-state index contributed by atoms with van der Waals surface area (Å²) in [6.07, 6.45) is 2.39. The number of hydrogen-bond acceptors (Lipinski definition) is 2. The second kappa shape index (κ2) is 7.12. The van der Waals surface area contributed by atoms with E-state index in [0.717, 1.165) is 25.8 Å². The lowest BCUT2D eigenvalue weighted by atomic mass is 9.87.